The SMILES string of the molecule is CCc1nnc(Sc2nc3ccccn3c2[N+](=O)[O-])n1C. The molecule has 0 saturated carbocycles. The number of hydrogen-bond donors (Lipinski definition) is 0. The van der Waals surface area contributed by atoms with Crippen molar-refractivity contribution in [3.63, 3.8) is 0 Å². The number of imidazole rings is 1. The van der Waals surface area contributed by atoms with E-state index < -0.39 is 4.92 Å². The van der Waals surface area contributed by atoms with Gasteiger partial charge in [-0.05, 0) is 22.8 Å². The Labute approximate surface area is 124 Å². The number of aromatic nitrogens is 5. The lowest BCUT2D eigenvalue weighted by Crippen LogP contribution is -1.98. The summed E-state index contributed by atoms with van der Waals surface area (Å²) >= 11 is 1.15. The molecule has 108 valence electrons. The van der Waals surface area contributed by atoms with Gasteiger partial charge in [-0.2, -0.15) is 9.38 Å². The maximum Gasteiger partial charge on any atom is 0.362 e. The molecule has 9 heteroatoms. The molecule has 0 bridgehead atoms. The van der Waals surface area contributed by atoms with Crippen LogP contribution in [0.1, 0.15) is 12.7 Å². The number of rotatable bonds is 4. The van der Waals surface area contributed by atoms with E-state index in [4.69, 9.17) is 0 Å². The first-order chi connectivity index (χ1) is 10.1. The van der Waals surface area contributed by atoms with Crippen molar-refractivity contribution in [2.75, 3.05) is 0 Å². The minimum atomic E-state index is -0.431. The van der Waals surface area contributed by atoms with Crippen molar-refractivity contribution < 1.29 is 4.92 Å². The van der Waals surface area contributed by atoms with Gasteiger partial charge >= 0.3 is 5.82 Å². The van der Waals surface area contributed by atoms with Gasteiger partial charge in [-0.25, -0.2) is 0 Å². The van der Waals surface area contributed by atoms with Crippen LogP contribution in [0, 0.1) is 10.1 Å². The molecule has 3 rings (SSSR count). The minimum absolute atomic E-state index is 0.0587. The number of fused-ring (bicyclic) bond motifs is 1. The lowest BCUT2D eigenvalue weighted by molar-refractivity contribution is -0.393. The third-order valence-electron chi connectivity index (χ3n) is 3.08. The molecule has 0 aliphatic carbocycles. The number of nitro groups is 1. The summed E-state index contributed by atoms with van der Waals surface area (Å²) in [6.07, 6.45) is 2.37. The van der Waals surface area contributed by atoms with Gasteiger partial charge in [-0.3, -0.25) is 0 Å². The predicted octanol–water partition coefficient (Wildman–Crippen LogP) is 2.08. The summed E-state index contributed by atoms with van der Waals surface area (Å²) < 4.78 is 3.28. The van der Waals surface area contributed by atoms with E-state index in [2.05, 4.69) is 15.2 Å². The topological polar surface area (TPSA) is 91.2 Å². The van der Waals surface area contributed by atoms with Crippen molar-refractivity contribution in [3.8, 4) is 0 Å². The van der Waals surface area contributed by atoms with Gasteiger partial charge in [0.05, 0.1) is 6.20 Å². The smallest absolute Gasteiger partial charge is 0.358 e. The highest BCUT2D eigenvalue weighted by molar-refractivity contribution is 7.99. The molecule has 0 fully saturated rings. The molecule has 3 heterocycles. The highest BCUT2D eigenvalue weighted by Crippen LogP contribution is 2.33. The van der Waals surface area contributed by atoms with Crippen LogP contribution in [0.25, 0.3) is 5.65 Å². The Bertz CT molecular complexity index is 824. The molecule has 0 saturated heterocycles. The molecule has 0 spiro atoms. The first-order valence-corrected chi connectivity index (χ1v) is 7.11. The number of pyridine rings is 1. The summed E-state index contributed by atoms with van der Waals surface area (Å²) in [6.45, 7) is 1.98. The number of aryl methyl sites for hydroxylation is 1. The molecule has 8 nitrogen and oxygen atoms in total. The largest absolute Gasteiger partial charge is 0.362 e. The van der Waals surface area contributed by atoms with E-state index in [1.54, 1.807) is 24.4 Å². The van der Waals surface area contributed by atoms with Crippen LogP contribution in [0.2, 0.25) is 0 Å². The van der Waals surface area contributed by atoms with E-state index in [9.17, 15) is 10.1 Å². The summed E-state index contributed by atoms with van der Waals surface area (Å²) in [4.78, 5) is 15.2. The monoisotopic (exact) mass is 304 g/mol. The highest BCUT2D eigenvalue weighted by Gasteiger charge is 2.24. The van der Waals surface area contributed by atoms with Gasteiger partial charge < -0.3 is 14.7 Å². The fraction of sp³-hybridized carbons (Fsp3) is 0.250. The van der Waals surface area contributed by atoms with Crippen molar-refractivity contribution >= 4 is 23.2 Å². The second-order valence-electron chi connectivity index (χ2n) is 4.34. The lowest BCUT2D eigenvalue weighted by atomic mass is 10.5. The molecule has 0 N–H and O–H groups in total. The molecule has 3 aromatic heterocycles. The van der Waals surface area contributed by atoms with Crippen LogP contribution in [0.4, 0.5) is 5.82 Å². The van der Waals surface area contributed by atoms with Crippen LogP contribution in [0.3, 0.4) is 0 Å². The summed E-state index contributed by atoms with van der Waals surface area (Å²) in [6, 6.07) is 5.25. The van der Waals surface area contributed by atoms with Crippen molar-refractivity contribution in [2.24, 2.45) is 7.05 Å². The lowest BCUT2D eigenvalue weighted by Gasteiger charge is -2.00. The van der Waals surface area contributed by atoms with Gasteiger partial charge in [-0.15, -0.1) is 10.2 Å². The van der Waals surface area contributed by atoms with Crippen molar-refractivity contribution in [2.45, 2.75) is 23.5 Å². The first-order valence-electron chi connectivity index (χ1n) is 6.29. The molecule has 0 radical (unpaired) electrons. The van der Waals surface area contributed by atoms with E-state index in [1.165, 1.54) is 4.40 Å². The van der Waals surface area contributed by atoms with Crippen LogP contribution in [-0.4, -0.2) is 29.1 Å². The van der Waals surface area contributed by atoms with Gasteiger partial charge in [0, 0.05) is 19.5 Å². The van der Waals surface area contributed by atoms with Gasteiger partial charge in [0.2, 0.25) is 10.7 Å². The zero-order valence-corrected chi connectivity index (χ0v) is 12.2. The van der Waals surface area contributed by atoms with Crippen molar-refractivity contribution in [3.05, 3.63) is 40.3 Å². The maximum absolute atomic E-state index is 11.3. The van der Waals surface area contributed by atoms with Gasteiger partial charge in [0.25, 0.3) is 0 Å². The second-order valence-corrected chi connectivity index (χ2v) is 5.30. The minimum Gasteiger partial charge on any atom is -0.358 e. The van der Waals surface area contributed by atoms with Crippen LogP contribution >= 0.6 is 11.8 Å². The van der Waals surface area contributed by atoms with Gasteiger partial charge in [-0.1, -0.05) is 13.0 Å². The zero-order valence-electron chi connectivity index (χ0n) is 11.4. The van der Waals surface area contributed by atoms with Crippen LogP contribution in [0.15, 0.2) is 34.6 Å². The average molecular weight is 304 g/mol. The number of nitrogens with zero attached hydrogens (tertiary/aromatic N) is 6. The van der Waals surface area contributed by atoms with Crippen LogP contribution in [-0.2, 0) is 13.5 Å². The Kier molecular flexibility index (Phi) is 3.34. The average Bonchev–Trinajstić information content (AvgIpc) is 3.00. The van der Waals surface area contributed by atoms with E-state index in [0.717, 1.165) is 24.0 Å². The molecule has 0 unspecified atom stereocenters. The zero-order chi connectivity index (χ0) is 15.0. The molecule has 0 atom stereocenters. The summed E-state index contributed by atoms with van der Waals surface area (Å²) in [5.41, 5.74) is 0.532. The molecule has 3 aromatic rings. The Morgan fingerprint density at radius 3 is 2.86 bits per heavy atom. The Morgan fingerprint density at radius 2 is 2.19 bits per heavy atom. The Hall–Kier alpha value is -2.42. The Balaban J connectivity index is 2.09. The van der Waals surface area contributed by atoms with E-state index in [0.29, 0.717) is 15.8 Å². The fourth-order valence-corrected chi connectivity index (χ4v) is 2.92. The molecule has 0 aromatic carbocycles. The number of hydrogen-bond acceptors (Lipinski definition) is 6. The summed E-state index contributed by atoms with van der Waals surface area (Å²) in [7, 11) is 1.84. The Morgan fingerprint density at radius 1 is 1.38 bits per heavy atom. The van der Waals surface area contributed by atoms with Crippen LogP contribution < -0.4 is 0 Å². The molecule has 0 aliphatic rings. The molecule has 0 aliphatic heterocycles. The summed E-state index contributed by atoms with van der Waals surface area (Å²) in [5, 5.41) is 20.3. The highest BCUT2D eigenvalue weighted by atomic mass is 32.2. The van der Waals surface area contributed by atoms with Crippen molar-refractivity contribution in [1.82, 2.24) is 24.1 Å². The molecule has 0 amide bonds. The summed E-state index contributed by atoms with van der Waals surface area (Å²) in [5.74, 6) is 0.764. The fourth-order valence-electron chi connectivity index (χ4n) is 2.02. The van der Waals surface area contributed by atoms with E-state index >= 15 is 0 Å². The quantitative estimate of drug-likeness (QED) is 0.541. The van der Waals surface area contributed by atoms with Crippen molar-refractivity contribution in [1.29, 1.82) is 0 Å². The standard InChI is InChI=1S/C12H12N6O2S/c1-3-8-14-15-12(16(8)2)21-10-11(18(19)20)17-7-5-4-6-9(17)13-10/h4-7H,3H2,1-2H3. The van der Waals surface area contributed by atoms with Crippen LogP contribution in [0.5, 0.6) is 0 Å². The van der Waals surface area contributed by atoms with Gasteiger partial charge in [0.1, 0.15) is 5.82 Å². The van der Waals surface area contributed by atoms with Gasteiger partial charge in [0.15, 0.2) is 5.16 Å². The first kappa shape index (κ1) is 13.6. The predicted molar refractivity (Wildman–Crippen MR) is 76.4 cm³/mol. The third kappa shape index (κ3) is 2.25. The molecular formula is C12H12N6O2S. The van der Waals surface area contributed by atoms with E-state index in [-0.39, 0.29) is 5.82 Å². The third-order valence-corrected chi connectivity index (χ3v) is 4.08. The normalized spacial score (nSPS) is 11.1. The maximum atomic E-state index is 11.3. The second kappa shape index (κ2) is 5.17. The molecular weight excluding hydrogens is 292 g/mol. The molecule has 21 heavy (non-hydrogen) atoms. The van der Waals surface area contributed by atoms with E-state index in [1.807, 2.05) is 18.5 Å².